The molecule has 1 unspecified atom stereocenters. The molecule has 2 rings (SSSR count). The second-order valence-electron chi connectivity index (χ2n) is 4.50. The van der Waals surface area contributed by atoms with Crippen molar-refractivity contribution in [3.8, 4) is 0 Å². The van der Waals surface area contributed by atoms with Gasteiger partial charge in [0.25, 0.3) is 0 Å². The van der Waals surface area contributed by atoms with Gasteiger partial charge in [0.15, 0.2) is 5.11 Å². The Morgan fingerprint density at radius 1 is 1.52 bits per heavy atom. The molecule has 0 fully saturated rings. The van der Waals surface area contributed by atoms with E-state index in [-0.39, 0.29) is 12.5 Å². The summed E-state index contributed by atoms with van der Waals surface area (Å²) in [6.07, 6.45) is 0. The van der Waals surface area contributed by atoms with E-state index < -0.39 is 12.0 Å². The molecule has 1 N–H and O–H groups in total. The first-order valence-corrected chi connectivity index (χ1v) is 7.78. The minimum atomic E-state index is -0.532. The van der Waals surface area contributed by atoms with Crippen LogP contribution in [0, 0.1) is 0 Å². The number of nitrogens with one attached hydrogen (secondary N) is 1. The predicted molar refractivity (Wildman–Crippen MR) is 84.6 cm³/mol. The molecule has 1 amide bonds. The van der Waals surface area contributed by atoms with E-state index in [1.165, 1.54) is 23.2 Å². The lowest BCUT2D eigenvalue weighted by molar-refractivity contribution is -0.139. The van der Waals surface area contributed by atoms with Crippen LogP contribution < -0.4 is 5.32 Å². The maximum Gasteiger partial charge on any atom is 0.338 e. The van der Waals surface area contributed by atoms with Gasteiger partial charge < -0.3 is 10.1 Å². The van der Waals surface area contributed by atoms with Crippen molar-refractivity contribution in [1.29, 1.82) is 0 Å². The second-order valence-corrected chi connectivity index (χ2v) is 5.86. The van der Waals surface area contributed by atoms with Gasteiger partial charge in [0.2, 0.25) is 5.91 Å². The first kappa shape index (κ1) is 15.7. The van der Waals surface area contributed by atoms with Crippen LogP contribution in [-0.4, -0.2) is 28.5 Å². The quantitative estimate of drug-likeness (QED) is 0.683. The molecule has 1 aromatic rings. The Kier molecular flexibility index (Phi) is 4.74. The van der Waals surface area contributed by atoms with E-state index in [4.69, 9.17) is 17.0 Å². The zero-order chi connectivity index (χ0) is 15.6. The van der Waals surface area contributed by atoms with Crippen LogP contribution in [0.1, 0.15) is 31.7 Å². The topological polar surface area (TPSA) is 58.6 Å². The number of carbonyl (C=O) groups excluding carboxylic acids is 2. The standard InChI is InChI=1S/C14H16N2O3S2/c1-4-19-13(18)11-8(2)15-14(20)16(9(3)17)12(11)10-6-5-7-21-10/h5-7,12H,4H2,1-3H3,(H,15,20). The van der Waals surface area contributed by atoms with Crippen molar-refractivity contribution < 1.29 is 14.3 Å². The molecule has 7 heteroatoms. The molecule has 1 aromatic heterocycles. The van der Waals surface area contributed by atoms with Gasteiger partial charge in [-0.25, -0.2) is 4.79 Å². The first-order chi connectivity index (χ1) is 9.97. The van der Waals surface area contributed by atoms with Gasteiger partial charge in [-0.05, 0) is 37.5 Å². The number of ether oxygens (including phenoxy) is 1. The van der Waals surface area contributed by atoms with E-state index in [0.717, 1.165) is 4.88 Å². The number of allylic oxidation sites excluding steroid dienone is 1. The molecule has 1 aliphatic rings. The van der Waals surface area contributed by atoms with E-state index in [9.17, 15) is 9.59 Å². The summed E-state index contributed by atoms with van der Waals surface area (Å²) >= 11 is 6.72. The van der Waals surface area contributed by atoms with E-state index in [2.05, 4.69) is 5.32 Å². The zero-order valence-corrected chi connectivity index (χ0v) is 13.6. The number of thiocarbonyl (C=S) groups is 1. The highest BCUT2D eigenvalue weighted by Gasteiger charge is 2.39. The number of rotatable bonds is 3. The maximum atomic E-state index is 12.3. The van der Waals surface area contributed by atoms with E-state index >= 15 is 0 Å². The Morgan fingerprint density at radius 3 is 2.76 bits per heavy atom. The fraction of sp³-hybridized carbons (Fsp3) is 0.357. The summed E-state index contributed by atoms with van der Waals surface area (Å²) in [6, 6.07) is 3.23. The first-order valence-electron chi connectivity index (χ1n) is 6.49. The van der Waals surface area contributed by atoms with E-state index in [1.54, 1.807) is 13.8 Å². The lowest BCUT2D eigenvalue weighted by Crippen LogP contribution is -2.50. The lowest BCUT2D eigenvalue weighted by Gasteiger charge is -2.37. The normalized spacial score (nSPS) is 18.5. The lowest BCUT2D eigenvalue weighted by atomic mass is 9.99. The molecule has 0 saturated carbocycles. The summed E-state index contributed by atoms with van der Waals surface area (Å²) in [6.45, 7) is 5.21. The third-order valence-corrected chi connectivity index (χ3v) is 4.32. The van der Waals surface area contributed by atoms with Crippen LogP contribution in [0.3, 0.4) is 0 Å². The highest BCUT2D eigenvalue weighted by atomic mass is 32.1. The maximum absolute atomic E-state index is 12.3. The average molecular weight is 324 g/mol. The molecule has 1 atom stereocenters. The fourth-order valence-corrected chi connectivity index (χ4v) is 3.46. The fourth-order valence-electron chi connectivity index (χ4n) is 2.25. The number of thiophene rings is 1. The number of esters is 1. The number of hydrogen-bond donors (Lipinski definition) is 1. The van der Waals surface area contributed by atoms with Gasteiger partial charge in [0.1, 0.15) is 6.04 Å². The number of nitrogens with zero attached hydrogens (tertiary/aromatic N) is 1. The summed E-state index contributed by atoms with van der Waals surface area (Å²) in [5.74, 6) is -0.658. The molecule has 2 heterocycles. The Hall–Kier alpha value is -1.73. The molecule has 0 bridgehead atoms. The SMILES string of the molecule is CCOC(=O)C1=C(C)NC(=S)N(C(C)=O)C1c1cccs1. The van der Waals surface area contributed by atoms with Crippen molar-refractivity contribution in [3.05, 3.63) is 33.7 Å². The van der Waals surface area contributed by atoms with Gasteiger partial charge in [-0.2, -0.15) is 0 Å². The molecule has 0 aromatic carbocycles. The van der Waals surface area contributed by atoms with Gasteiger partial charge in [0, 0.05) is 17.5 Å². The van der Waals surface area contributed by atoms with Gasteiger partial charge in [-0.1, -0.05) is 6.07 Å². The summed E-state index contributed by atoms with van der Waals surface area (Å²) in [5.41, 5.74) is 1.04. The van der Waals surface area contributed by atoms with Crippen molar-refractivity contribution in [2.24, 2.45) is 0 Å². The highest BCUT2D eigenvalue weighted by molar-refractivity contribution is 7.80. The van der Waals surface area contributed by atoms with Gasteiger partial charge in [-0.15, -0.1) is 11.3 Å². The third kappa shape index (κ3) is 2.98. The van der Waals surface area contributed by atoms with Crippen molar-refractivity contribution in [1.82, 2.24) is 10.2 Å². The molecule has 0 aliphatic carbocycles. The molecule has 1 aliphatic heterocycles. The Morgan fingerprint density at radius 2 is 2.24 bits per heavy atom. The van der Waals surface area contributed by atoms with Gasteiger partial charge >= 0.3 is 5.97 Å². The summed E-state index contributed by atoms with van der Waals surface area (Å²) < 4.78 is 5.13. The zero-order valence-electron chi connectivity index (χ0n) is 12.0. The monoisotopic (exact) mass is 324 g/mol. The molecule has 21 heavy (non-hydrogen) atoms. The summed E-state index contributed by atoms with van der Waals surface area (Å²) in [4.78, 5) is 26.6. The molecule has 5 nitrogen and oxygen atoms in total. The van der Waals surface area contributed by atoms with E-state index in [0.29, 0.717) is 16.4 Å². The van der Waals surface area contributed by atoms with Crippen molar-refractivity contribution in [2.45, 2.75) is 26.8 Å². The van der Waals surface area contributed by atoms with Crippen LogP contribution in [0.2, 0.25) is 0 Å². The minimum Gasteiger partial charge on any atom is -0.463 e. The van der Waals surface area contributed by atoms with Gasteiger partial charge in [0.05, 0.1) is 12.2 Å². The smallest absolute Gasteiger partial charge is 0.338 e. The number of amides is 1. The summed E-state index contributed by atoms with van der Waals surface area (Å²) in [7, 11) is 0. The van der Waals surface area contributed by atoms with Crippen LogP contribution in [0.25, 0.3) is 0 Å². The molecule has 0 radical (unpaired) electrons. The summed E-state index contributed by atoms with van der Waals surface area (Å²) in [5, 5.41) is 5.11. The predicted octanol–water partition coefficient (Wildman–Crippen LogP) is 2.36. The van der Waals surface area contributed by atoms with Crippen molar-refractivity contribution in [2.75, 3.05) is 6.61 Å². The van der Waals surface area contributed by atoms with Crippen LogP contribution in [0.15, 0.2) is 28.8 Å². The highest BCUT2D eigenvalue weighted by Crippen LogP contribution is 2.36. The van der Waals surface area contributed by atoms with Crippen molar-refractivity contribution in [3.63, 3.8) is 0 Å². The Labute approximate surface area is 132 Å². The number of hydrogen-bond acceptors (Lipinski definition) is 5. The van der Waals surface area contributed by atoms with Gasteiger partial charge in [-0.3, -0.25) is 9.69 Å². The number of carbonyl (C=O) groups is 2. The van der Waals surface area contributed by atoms with Crippen LogP contribution in [-0.2, 0) is 14.3 Å². The largest absolute Gasteiger partial charge is 0.463 e. The van der Waals surface area contributed by atoms with Crippen LogP contribution in [0.4, 0.5) is 0 Å². The van der Waals surface area contributed by atoms with Crippen LogP contribution >= 0.6 is 23.6 Å². The minimum absolute atomic E-state index is 0.222. The Balaban J connectivity index is 2.56. The van der Waals surface area contributed by atoms with Crippen LogP contribution in [0.5, 0.6) is 0 Å². The second kappa shape index (κ2) is 6.36. The molecule has 112 valence electrons. The average Bonchev–Trinajstić information content (AvgIpc) is 2.90. The molecule has 0 spiro atoms. The molecule has 0 saturated heterocycles. The van der Waals surface area contributed by atoms with E-state index in [1.807, 2.05) is 17.5 Å². The Bertz CT molecular complexity index is 608. The molecular weight excluding hydrogens is 308 g/mol. The molecular formula is C14H16N2O3S2. The third-order valence-electron chi connectivity index (χ3n) is 3.10. The van der Waals surface area contributed by atoms with Crippen molar-refractivity contribution >= 4 is 40.5 Å².